The van der Waals surface area contributed by atoms with E-state index in [-0.39, 0.29) is 11.8 Å². The molecule has 1 N–H and O–H groups in total. The molecule has 0 radical (unpaired) electrons. The number of carbonyl (C=O) groups is 2. The SMILES string of the molecule is CC(C)N1CCC(N(C)C(=O)c2ccc(C(=O)NC3CC3)cc2)CC1. The number of carbonyl (C=O) groups excluding carboxylic acids is 2. The summed E-state index contributed by atoms with van der Waals surface area (Å²) in [5.74, 6) is -0.00643. The summed E-state index contributed by atoms with van der Waals surface area (Å²) in [5, 5.41) is 2.97. The monoisotopic (exact) mass is 343 g/mol. The van der Waals surface area contributed by atoms with Gasteiger partial charge in [-0.3, -0.25) is 9.59 Å². The number of hydrogen-bond acceptors (Lipinski definition) is 3. The second-order valence-corrected chi connectivity index (χ2v) is 7.60. The maximum absolute atomic E-state index is 12.7. The second-order valence-electron chi connectivity index (χ2n) is 7.60. The summed E-state index contributed by atoms with van der Waals surface area (Å²) >= 11 is 0. The summed E-state index contributed by atoms with van der Waals surface area (Å²) in [7, 11) is 1.89. The topological polar surface area (TPSA) is 52.7 Å². The second kappa shape index (κ2) is 7.56. The molecule has 2 aliphatic rings. The van der Waals surface area contributed by atoms with Gasteiger partial charge in [0.25, 0.3) is 11.8 Å². The van der Waals surface area contributed by atoms with Crippen molar-refractivity contribution in [3.63, 3.8) is 0 Å². The van der Waals surface area contributed by atoms with Gasteiger partial charge < -0.3 is 15.1 Å². The van der Waals surface area contributed by atoms with Crippen LogP contribution in [0, 0.1) is 0 Å². The third-order valence-corrected chi connectivity index (χ3v) is 5.40. The first kappa shape index (κ1) is 17.9. The van der Waals surface area contributed by atoms with Crippen molar-refractivity contribution in [1.29, 1.82) is 0 Å². The average molecular weight is 343 g/mol. The Balaban J connectivity index is 1.57. The molecule has 5 nitrogen and oxygen atoms in total. The normalized spacial score (nSPS) is 19.0. The van der Waals surface area contributed by atoms with Gasteiger partial charge in [-0.15, -0.1) is 0 Å². The lowest BCUT2D eigenvalue weighted by Gasteiger charge is -2.38. The third-order valence-electron chi connectivity index (χ3n) is 5.40. The number of nitrogens with zero attached hydrogens (tertiary/aromatic N) is 2. The molecule has 1 saturated heterocycles. The van der Waals surface area contributed by atoms with E-state index in [9.17, 15) is 9.59 Å². The molecule has 5 heteroatoms. The van der Waals surface area contributed by atoms with Gasteiger partial charge in [-0.2, -0.15) is 0 Å². The van der Waals surface area contributed by atoms with Crippen molar-refractivity contribution in [3.8, 4) is 0 Å². The Morgan fingerprint density at radius 1 is 1.04 bits per heavy atom. The smallest absolute Gasteiger partial charge is 0.253 e. The van der Waals surface area contributed by atoms with Crippen LogP contribution in [0.25, 0.3) is 0 Å². The van der Waals surface area contributed by atoms with Crippen LogP contribution in [0.3, 0.4) is 0 Å². The zero-order valence-corrected chi connectivity index (χ0v) is 15.5. The number of amides is 2. The Hall–Kier alpha value is -1.88. The van der Waals surface area contributed by atoms with Crippen LogP contribution in [0.1, 0.15) is 60.2 Å². The van der Waals surface area contributed by atoms with Gasteiger partial charge in [0.05, 0.1) is 0 Å². The summed E-state index contributed by atoms with van der Waals surface area (Å²) in [4.78, 5) is 29.1. The van der Waals surface area contributed by atoms with E-state index >= 15 is 0 Å². The molecule has 0 spiro atoms. The van der Waals surface area contributed by atoms with E-state index in [1.54, 1.807) is 24.3 Å². The Kier molecular flexibility index (Phi) is 5.42. The highest BCUT2D eigenvalue weighted by atomic mass is 16.2. The maximum atomic E-state index is 12.7. The molecule has 1 aromatic rings. The fourth-order valence-electron chi connectivity index (χ4n) is 3.42. The van der Waals surface area contributed by atoms with E-state index in [2.05, 4.69) is 24.1 Å². The molecule has 2 fully saturated rings. The Morgan fingerprint density at radius 3 is 2.12 bits per heavy atom. The standard InChI is InChI=1S/C20H29N3O2/c1-14(2)23-12-10-18(11-13-23)22(3)20(25)16-6-4-15(5-7-16)19(24)21-17-8-9-17/h4-7,14,17-18H,8-13H2,1-3H3,(H,21,24). The van der Waals surface area contributed by atoms with E-state index in [0.29, 0.717) is 29.3 Å². The van der Waals surface area contributed by atoms with Gasteiger partial charge in [0, 0.05) is 49.4 Å². The Bertz CT molecular complexity index is 614. The lowest BCUT2D eigenvalue weighted by atomic mass is 10.0. The maximum Gasteiger partial charge on any atom is 0.253 e. The molecule has 1 aliphatic heterocycles. The van der Waals surface area contributed by atoms with Gasteiger partial charge in [-0.1, -0.05) is 0 Å². The van der Waals surface area contributed by atoms with E-state index in [0.717, 1.165) is 38.8 Å². The number of hydrogen-bond donors (Lipinski definition) is 1. The van der Waals surface area contributed by atoms with Crippen LogP contribution in [-0.2, 0) is 0 Å². The van der Waals surface area contributed by atoms with Gasteiger partial charge in [-0.25, -0.2) is 0 Å². The van der Waals surface area contributed by atoms with Gasteiger partial charge in [0.15, 0.2) is 0 Å². The van der Waals surface area contributed by atoms with Gasteiger partial charge in [-0.05, 0) is 63.8 Å². The predicted octanol–water partition coefficient (Wildman–Crippen LogP) is 2.52. The predicted molar refractivity (Wildman–Crippen MR) is 98.8 cm³/mol. The molecule has 25 heavy (non-hydrogen) atoms. The highest BCUT2D eigenvalue weighted by molar-refractivity contribution is 5.98. The molecular weight excluding hydrogens is 314 g/mol. The molecule has 3 rings (SSSR count). The van der Waals surface area contributed by atoms with Crippen molar-refractivity contribution in [1.82, 2.24) is 15.1 Å². The number of likely N-dealkylation sites (tertiary alicyclic amines) is 1. The van der Waals surface area contributed by atoms with Crippen LogP contribution in [0.5, 0.6) is 0 Å². The molecule has 2 amide bonds. The summed E-state index contributed by atoms with van der Waals surface area (Å²) in [6.07, 6.45) is 4.18. The van der Waals surface area contributed by atoms with E-state index in [1.165, 1.54) is 0 Å². The lowest BCUT2D eigenvalue weighted by Crippen LogP contribution is -2.47. The van der Waals surface area contributed by atoms with Crippen LogP contribution < -0.4 is 5.32 Å². The summed E-state index contributed by atoms with van der Waals surface area (Å²) in [5.41, 5.74) is 1.27. The fourth-order valence-corrected chi connectivity index (χ4v) is 3.42. The van der Waals surface area contributed by atoms with Crippen molar-refractivity contribution in [2.75, 3.05) is 20.1 Å². The lowest BCUT2D eigenvalue weighted by molar-refractivity contribution is 0.0615. The van der Waals surface area contributed by atoms with Crippen LogP contribution in [0.15, 0.2) is 24.3 Å². The van der Waals surface area contributed by atoms with Crippen LogP contribution in [0.2, 0.25) is 0 Å². The van der Waals surface area contributed by atoms with Crippen molar-refractivity contribution in [2.45, 2.75) is 57.7 Å². The summed E-state index contributed by atoms with van der Waals surface area (Å²) in [6, 6.07) is 8.24. The van der Waals surface area contributed by atoms with Crippen LogP contribution in [0.4, 0.5) is 0 Å². The first-order valence-corrected chi connectivity index (χ1v) is 9.38. The molecule has 1 aromatic carbocycles. The van der Waals surface area contributed by atoms with Crippen LogP contribution >= 0.6 is 0 Å². The highest BCUT2D eigenvalue weighted by Gasteiger charge is 2.27. The molecule has 1 heterocycles. The molecule has 0 bridgehead atoms. The highest BCUT2D eigenvalue weighted by Crippen LogP contribution is 2.21. The van der Waals surface area contributed by atoms with Crippen molar-refractivity contribution < 1.29 is 9.59 Å². The van der Waals surface area contributed by atoms with Gasteiger partial charge >= 0.3 is 0 Å². The molecule has 1 saturated carbocycles. The van der Waals surface area contributed by atoms with E-state index < -0.39 is 0 Å². The minimum Gasteiger partial charge on any atom is -0.349 e. The quantitative estimate of drug-likeness (QED) is 0.894. The first-order chi connectivity index (χ1) is 12.0. The fraction of sp³-hybridized carbons (Fsp3) is 0.600. The third kappa shape index (κ3) is 4.40. The van der Waals surface area contributed by atoms with E-state index in [1.807, 2.05) is 11.9 Å². The number of rotatable bonds is 5. The molecule has 0 aromatic heterocycles. The number of benzene rings is 1. The molecular formula is C20H29N3O2. The van der Waals surface area contributed by atoms with Gasteiger partial charge in [0.2, 0.25) is 0 Å². The van der Waals surface area contributed by atoms with Crippen molar-refractivity contribution >= 4 is 11.8 Å². The zero-order chi connectivity index (χ0) is 18.0. The Morgan fingerprint density at radius 2 is 1.60 bits per heavy atom. The zero-order valence-electron chi connectivity index (χ0n) is 15.5. The molecule has 136 valence electrons. The first-order valence-electron chi connectivity index (χ1n) is 9.38. The van der Waals surface area contributed by atoms with Crippen LogP contribution in [-0.4, -0.2) is 59.9 Å². The largest absolute Gasteiger partial charge is 0.349 e. The summed E-state index contributed by atoms with van der Waals surface area (Å²) < 4.78 is 0. The van der Waals surface area contributed by atoms with Crippen molar-refractivity contribution in [3.05, 3.63) is 35.4 Å². The molecule has 0 unspecified atom stereocenters. The number of nitrogens with one attached hydrogen (secondary N) is 1. The molecule has 1 aliphatic carbocycles. The van der Waals surface area contributed by atoms with E-state index in [4.69, 9.17) is 0 Å². The molecule has 0 atom stereocenters. The van der Waals surface area contributed by atoms with Crippen molar-refractivity contribution in [2.24, 2.45) is 0 Å². The summed E-state index contributed by atoms with van der Waals surface area (Å²) in [6.45, 7) is 6.52. The average Bonchev–Trinajstić information content (AvgIpc) is 3.44. The minimum absolute atomic E-state index is 0.0390. The minimum atomic E-state index is -0.0455. The Labute approximate surface area is 150 Å². The van der Waals surface area contributed by atoms with Gasteiger partial charge in [0.1, 0.15) is 0 Å². The number of piperidine rings is 1.